The van der Waals surface area contributed by atoms with Gasteiger partial charge >= 0.3 is 0 Å². The van der Waals surface area contributed by atoms with Crippen LogP contribution in [0.4, 0.5) is 4.39 Å². The van der Waals surface area contributed by atoms with Crippen LogP contribution in [-0.4, -0.2) is 30.9 Å². The third-order valence-corrected chi connectivity index (χ3v) is 8.37. The number of aromatic nitrogens is 2. The van der Waals surface area contributed by atoms with Crippen molar-refractivity contribution in [3.8, 4) is 22.7 Å². The Morgan fingerprint density at radius 3 is 2.46 bits per heavy atom. The Morgan fingerprint density at radius 2 is 1.72 bits per heavy atom. The van der Waals surface area contributed by atoms with Gasteiger partial charge in [-0.1, -0.05) is 73.2 Å². The summed E-state index contributed by atoms with van der Waals surface area (Å²) >= 11 is 6.97. The van der Waals surface area contributed by atoms with Crippen LogP contribution in [0.5, 0.6) is 5.75 Å². The summed E-state index contributed by atoms with van der Waals surface area (Å²) in [5.74, 6) is 0.319. The zero-order chi connectivity index (χ0) is 26.8. The molecular weight excluding hydrogens is 529 g/mol. The predicted octanol–water partition coefficient (Wildman–Crippen LogP) is 7.40. The van der Waals surface area contributed by atoms with E-state index in [0.717, 1.165) is 48.2 Å². The largest absolute Gasteiger partial charge is 0.489 e. The Kier molecular flexibility index (Phi) is 7.30. The second-order valence-electron chi connectivity index (χ2n) is 9.61. The number of carbonyl (C=O) groups excluding carboxylic acids is 1. The topological polar surface area (TPSA) is 47.4 Å². The number of nitrogens with zero attached hydrogens (tertiary/aromatic N) is 3. The number of para-hydroxylation sites is 1. The van der Waals surface area contributed by atoms with E-state index in [1.807, 2.05) is 76.5 Å². The van der Waals surface area contributed by atoms with Gasteiger partial charge in [-0.05, 0) is 61.4 Å². The van der Waals surface area contributed by atoms with Crippen LogP contribution in [0.3, 0.4) is 0 Å². The van der Waals surface area contributed by atoms with Crippen LogP contribution in [0, 0.1) is 5.82 Å². The van der Waals surface area contributed by atoms with Crippen LogP contribution in [0.25, 0.3) is 23.0 Å². The number of carbonyl (C=O) groups is 1. The van der Waals surface area contributed by atoms with Crippen LogP contribution in [0.2, 0.25) is 0 Å². The second-order valence-corrected chi connectivity index (χ2v) is 11.3. The highest BCUT2D eigenvalue weighted by Gasteiger charge is 2.38. The lowest BCUT2D eigenvalue weighted by atomic mass is 10.1. The molecule has 196 valence electrons. The van der Waals surface area contributed by atoms with Gasteiger partial charge in [0, 0.05) is 28.9 Å². The van der Waals surface area contributed by atoms with Crippen LogP contribution in [0.1, 0.15) is 36.8 Å². The molecule has 1 aromatic heterocycles. The van der Waals surface area contributed by atoms with E-state index in [4.69, 9.17) is 22.1 Å². The first-order valence-electron chi connectivity index (χ1n) is 13.0. The maximum atomic E-state index is 14.0. The fourth-order valence-electron chi connectivity index (χ4n) is 5.01. The van der Waals surface area contributed by atoms with Crippen molar-refractivity contribution >= 4 is 40.3 Å². The van der Waals surface area contributed by atoms with Gasteiger partial charge in [-0.15, -0.1) is 0 Å². The molecule has 0 bridgehead atoms. The minimum atomic E-state index is -0.288. The van der Waals surface area contributed by atoms with E-state index in [0.29, 0.717) is 20.5 Å². The lowest BCUT2D eigenvalue weighted by Crippen LogP contribution is -2.36. The van der Waals surface area contributed by atoms with Crippen LogP contribution in [0.15, 0.2) is 90.0 Å². The summed E-state index contributed by atoms with van der Waals surface area (Å²) in [6.45, 7) is 0.142. The van der Waals surface area contributed by atoms with E-state index in [2.05, 4.69) is 0 Å². The lowest BCUT2D eigenvalue weighted by Gasteiger charge is -2.21. The van der Waals surface area contributed by atoms with Crippen molar-refractivity contribution in [3.63, 3.8) is 0 Å². The Balaban J connectivity index is 1.30. The number of halogens is 1. The van der Waals surface area contributed by atoms with Crippen molar-refractivity contribution in [3.05, 3.63) is 107 Å². The highest BCUT2D eigenvalue weighted by atomic mass is 32.2. The van der Waals surface area contributed by atoms with Crippen molar-refractivity contribution in [2.45, 2.75) is 38.3 Å². The van der Waals surface area contributed by atoms with Crippen molar-refractivity contribution < 1.29 is 13.9 Å². The zero-order valence-corrected chi connectivity index (χ0v) is 22.8. The molecule has 6 rings (SSSR count). The van der Waals surface area contributed by atoms with Gasteiger partial charge < -0.3 is 4.74 Å². The van der Waals surface area contributed by atoms with Crippen molar-refractivity contribution in [1.29, 1.82) is 0 Å². The monoisotopic (exact) mass is 555 g/mol. The van der Waals surface area contributed by atoms with Gasteiger partial charge in [-0.2, -0.15) is 5.10 Å². The molecule has 1 aliphatic carbocycles. The number of amides is 1. The number of ether oxygens (including phenoxy) is 1. The molecule has 1 saturated heterocycles. The number of rotatable bonds is 7. The Bertz CT molecular complexity index is 1540. The molecule has 39 heavy (non-hydrogen) atoms. The Hall–Kier alpha value is -3.75. The minimum Gasteiger partial charge on any atom is -0.489 e. The first kappa shape index (κ1) is 25.5. The molecule has 2 aliphatic rings. The summed E-state index contributed by atoms with van der Waals surface area (Å²) < 4.78 is 22.2. The quantitative estimate of drug-likeness (QED) is 0.176. The van der Waals surface area contributed by atoms with Gasteiger partial charge in [0.15, 0.2) is 0 Å². The fourth-order valence-corrected chi connectivity index (χ4v) is 6.41. The van der Waals surface area contributed by atoms with Gasteiger partial charge in [0.25, 0.3) is 5.91 Å². The molecule has 8 heteroatoms. The normalized spacial score (nSPS) is 16.9. The Labute approximate surface area is 236 Å². The van der Waals surface area contributed by atoms with E-state index >= 15 is 0 Å². The van der Waals surface area contributed by atoms with E-state index in [9.17, 15) is 9.18 Å². The van der Waals surface area contributed by atoms with Crippen LogP contribution < -0.4 is 4.74 Å². The molecule has 0 atom stereocenters. The molecule has 1 aliphatic heterocycles. The van der Waals surface area contributed by atoms with Crippen molar-refractivity contribution in [2.75, 3.05) is 0 Å². The van der Waals surface area contributed by atoms with Gasteiger partial charge in [0.05, 0.1) is 16.3 Å². The van der Waals surface area contributed by atoms with Crippen LogP contribution >= 0.6 is 24.0 Å². The molecule has 2 heterocycles. The summed E-state index contributed by atoms with van der Waals surface area (Å²) in [4.78, 5) is 15.8. The van der Waals surface area contributed by atoms with Crippen molar-refractivity contribution in [1.82, 2.24) is 14.7 Å². The number of thiocarbonyl (C=S) groups is 1. The molecule has 5 nitrogen and oxygen atoms in total. The minimum absolute atomic E-state index is 0.0211. The molecule has 2 fully saturated rings. The number of hydrogen-bond acceptors (Lipinski definition) is 5. The predicted molar refractivity (Wildman–Crippen MR) is 157 cm³/mol. The van der Waals surface area contributed by atoms with E-state index in [1.54, 1.807) is 18.2 Å². The molecule has 3 aromatic carbocycles. The van der Waals surface area contributed by atoms with E-state index in [1.165, 1.54) is 17.8 Å². The molecular formula is C31H26FN3O2S2. The first-order chi connectivity index (χ1) is 19.1. The van der Waals surface area contributed by atoms with E-state index < -0.39 is 0 Å². The first-order valence-corrected chi connectivity index (χ1v) is 14.2. The maximum Gasteiger partial charge on any atom is 0.266 e. The zero-order valence-electron chi connectivity index (χ0n) is 21.1. The lowest BCUT2D eigenvalue weighted by molar-refractivity contribution is -0.123. The summed E-state index contributed by atoms with van der Waals surface area (Å²) in [7, 11) is 0. The van der Waals surface area contributed by atoms with Gasteiger partial charge in [0.2, 0.25) is 0 Å². The standard InChI is InChI=1S/C31H26FN3O2S2/c32-27-13-7-4-8-22(27)20-37-26-16-14-21(15-17-26)29-23(19-34(33-29)24-9-2-1-3-10-24)18-28-30(36)35(31(38)39-28)25-11-5-6-12-25/h1-4,7-10,13-19,25H,5-6,11-12,20H2. The van der Waals surface area contributed by atoms with Gasteiger partial charge in [-0.3, -0.25) is 9.69 Å². The maximum absolute atomic E-state index is 14.0. The SMILES string of the molecule is O=C1C(=Cc2cn(-c3ccccc3)nc2-c2ccc(OCc3ccccc3F)cc2)SC(=S)N1C1CCCC1. The molecule has 4 aromatic rings. The Morgan fingerprint density at radius 1 is 1.00 bits per heavy atom. The highest BCUT2D eigenvalue weighted by molar-refractivity contribution is 8.26. The molecule has 1 saturated carbocycles. The summed E-state index contributed by atoms with van der Waals surface area (Å²) in [6.07, 6.45) is 8.11. The third-order valence-electron chi connectivity index (χ3n) is 7.04. The smallest absolute Gasteiger partial charge is 0.266 e. The average molecular weight is 556 g/mol. The summed E-state index contributed by atoms with van der Waals surface area (Å²) in [6, 6.07) is 24.2. The molecule has 0 N–H and O–H groups in total. The van der Waals surface area contributed by atoms with Gasteiger partial charge in [-0.25, -0.2) is 9.07 Å². The van der Waals surface area contributed by atoms with Crippen LogP contribution in [-0.2, 0) is 11.4 Å². The fraction of sp³-hybridized carbons (Fsp3) is 0.194. The molecule has 1 amide bonds. The van der Waals surface area contributed by atoms with E-state index in [-0.39, 0.29) is 24.4 Å². The number of thioether (sulfide) groups is 1. The van der Waals surface area contributed by atoms with Crippen molar-refractivity contribution in [2.24, 2.45) is 0 Å². The molecule has 0 spiro atoms. The third kappa shape index (κ3) is 5.40. The number of benzene rings is 3. The molecule has 0 unspecified atom stereocenters. The summed E-state index contributed by atoms with van der Waals surface area (Å²) in [5, 5.41) is 4.88. The highest BCUT2D eigenvalue weighted by Crippen LogP contribution is 2.39. The number of hydrogen-bond donors (Lipinski definition) is 0. The summed E-state index contributed by atoms with van der Waals surface area (Å²) in [5.41, 5.74) is 3.86. The second kappa shape index (κ2) is 11.2. The molecule has 0 radical (unpaired) electrons. The van der Waals surface area contributed by atoms with Gasteiger partial charge in [0.1, 0.15) is 22.5 Å². The average Bonchev–Trinajstić information content (AvgIpc) is 3.69.